The molecule has 0 saturated heterocycles. The second kappa shape index (κ2) is 10.2. The fourth-order valence-electron chi connectivity index (χ4n) is 2.68. The largest absolute Gasteiger partial charge is 0.336 e. The van der Waals surface area contributed by atoms with Gasteiger partial charge in [0.05, 0.1) is 6.54 Å². The lowest BCUT2D eigenvalue weighted by Crippen LogP contribution is -2.46. The zero-order valence-electron chi connectivity index (χ0n) is 16.3. The van der Waals surface area contributed by atoms with E-state index in [9.17, 15) is 9.59 Å². The summed E-state index contributed by atoms with van der Waals surface area (Å²) in [5, 5.41) is 8.24. The smallest absolute Gasteiger partial charge is 0.321 e. The number of benzene rings is 1. The highest BCUT2D eigenvalue weighted by atomic mass is 16.2. The quantitative estimate of drug-likeness (QED) is 0.671. The SMILES string of the molecule is CC[C@@H](C)c1ccc([C@H](NCC(=O)NC(=O)NC(C)C)C(C)C)cc1. The van der Waals surface area contributed by atoms with Crippen molar-refractivity contribution >= 4 is 11.9 Å². The van der Waals surface area contributed by atoms with Crippen LogP contribution in [0.25, 0.3) is 0 Å². The molecule has 1 rings (SSSR count). The molecule has 0 aliphatic heterocycles. The van der Waals surface area contributed by atoms with Gasteiger partial charge in [-0.05, 0) is 43.2 Å². The van der Waals surface area contributed by atoms with Crippen LogP contribution in [-0.4, -0.2) is 24.5 Å². The Balaban J connectivity index is 2.65. The van der Waals surface area contributed by atoms with E-state index < -0.39 is 6.03 Å². The summed E-state index contributed by atoms with van der Waals surface area (Å²) in [6.45, 7) is 12.4. The van der Waals surface area contributed by atoms with Gasteiger partial charge in [-0.2, -0.15) is 0 Å². The number of rotatable bonds is 8. The number of carbonyl (C=O) groups is 2. The summed E-state index contributed by atoms with van der Waals surface area (Å²) in [6, 6.07) is 8.18. The van der Waals surface area contributed by atoms with Crippen LogP contribution in [0, 0.1) is 5.92 Å². The summed E-state index contributed by atoms with van der Waals surface area (Å²) in [5.41, 5.74) is 2.48. The predicted molar refractivity (Wildman–Crippen MR) is 103 cm³/mol. The summed E-state index contributed by atoms with van der Waals surface area (Å²) >= 11 is 0. The summed E-state index contributed by atoms with van der Waals surface area (Å²) in [7, 11) is 0. The van der Waals surface area contributed by atoms with Crippen molar-refractivity contribution in [2.45, 2.75) is 66.0 Å². The Labute approximate surface area is 152 Å². The summed E-state index contributed by atoms with van der Waals surface area (Å²) < 4.78 is 0. The first-order valence-electron chi connectivity index (χ1n) is 9.18. The highest BCUT2D eigenvalue weighted by molar-refractivity contribution is 5.95. The third-order valence-corrected chi connectivity index (χ3v) is 4.30. The first-order valence-corrected chi connectivity index (χ1v) is 9.18. The first kappa shape index (κ1) is 21.2. The molecule has 3 amide bonds. The lowest BCUT2D eigenvalue weighted by atomic mass is 9.92. The Morgan fingerprint density at radius 1 is 0.960 bits per heavy atom. The van der Waals surface area contributed by atoms with Crippen molar-refractivity contribution < 1.29 is 9.59 Å². The Kier molecular flexibility index (Phi) is 8.62. The zero-order valence-corrected chi connectivity index (χ0v) is 16.3. The molecule has 0 fully saturated rings. The molecule has 2 atom stereocenters. The van der Waals surface area contributed by atoms with E-state index in [2.05, 4.69) is 67.9 Å². The van der Waals surface area contributed by atoms with Gasteiger partial charge in [0.15, 0.2) is 0 Å². The minimum absolute atomic E-state index is 0.00630. The Morgan fingerprint density at radius 2 is 1.52 bits per heavy atom. The number of nitrogens with one attached hydrogen (secondary N) is 3. The van der Waals surface area contributed by atoms with E-state index in [0.717, 1.165) is 12.0 Å². The molecule has 0 aliphatic carbocycles. The van der Waals surface area contributed by atoms with E-state index in [1.807, 2.05) is 13.8 Å². The molecule has 0 bridgehead atoms. The van der Waals surface area contributed by atoms with Crippen LogP contribution in [0.15, 0.2) is 24.3 Å². The number of imide groups is 1. The number of hydrogen-bond acceptors (Lipinski definition) is 3. The van der Waals surface area contributed by atoms with Crippen molar-refractivity contribution in [2.75, 3.05) is 6.54 Å². The molecule has 5 nitrogen and oxygen atoms in total. The van der Waals surface area contributed by atoms with Crippen LogP contribution in [0.4, 0.5) is 4.79 Å². The van der Waals surface area contributed by atoms with Crippen LogP contribution in [0.5, 0.6) is 0 Å². The normalized spacial score (nSPS) is 13.6. The molecular formula is C20H33N3O2. The van der Waals surface area contributed by atoms with Gasteiger partial charge in [0.2, 0.25) is 5.91 Å². The molecule has 0 aromatic heterocycles. The Hall–Kier alpha value is -1.88. The summed E-state index contributed by atoms with van der Waals surface area (Å²) in [5.74, 6) is 0.538. The summed E-state index contributed by atoms with van der Waals surface area (Å²) in [6.07, 6.45) is 1.11. The van der Waals surface area contributed by atoms with Crippen molar-refractivity contribution in [3.8, 4) is 0 Å². The predicted octanol–water partition coefficient (Wildman–Crippen LogP) is 3.72. The van der Waals surface area contributed by atoms with E-state index in [-0.39, 0.29) is 24.5 Å². The van der Waals surface area contributed by atoms with Crippen molar-refractivity contribution in [3.05, 3.63) is 35.4 Å². The topological polar surface area (TPSA) is 70.2 Å². The molecule has 3 N–H and O–H groups in total. The van der Waals surface area contributed by atoms with Crippen LogP contribution < -0.4 is 16.0 Å². The third kappa shape index (κ3) is 7.26. The maximum atomic E-state index is 11.9. The fraction of sp³-hybridized carbons (Fsp3) is 0.600. The van der Waals surface area contributed by atoms with E-state index in [4.69, 9.17) is 0 Å². The molecule has 1 aromatic rings. The average Bonchev–Trinajstić information content (AvgIpc) is 2.53. The molecular weight excluding hydrogens is 314 g/mol. The van der Waals surface area contributed by atoms with Crippen LogP contribution in [-0.2, 0) is 4.79 Å². The standard InChI is InChI=1S/C20H33N3O2/c1-7-15(6)16-8-10-17(11-9-16)19(13(2)3)21-12-18(24)23-20(25)22-14(4)5/h8-11,13-15,19,21H,7,12H2,1-6H3,(H2,22,23,24,25)/t15-,19-/m1/s1. The second-order valence-electron chi connectivity index (χ2n) is 7.25. The van der Waals surface area contributed by atoms with Crippen molar-refractivity contribution in [3.63, 3.8) is 0 Å². The Morgan fingerprint density at radius 3 is 2.00 bits per heavy atom. The molecule has 1 aromatic carbocycles. The van der Waals surface area contributed by atoms with E-state index in [0.29, 0.717) is 11.8 Å². The first-order chi connectivity index (χ1) is 11.7. The van der Waals surface area contributed by atoms with Gasteiger partial charge in [-0.25, -0.2) is 4.79 Å². The van der Waals surface area contributed by atoms with Crippen molar-refractivity contribution in [1.82, 2.24) is 16.0 Å². The van der Waals surface area contributed by atoms with Gasteiger partial charge in [-0.3, -0.25) is 10.1 Å². The van der Waals surface area contributed by atoms with E-state index in [1.54, 1.807) is 0 Å². The molecule has 0 saturated carbocycles. The minimum atomic E-state index is -0.458. The van der Waals surface area contributed by atoms with Crippen molar-refractivity contribution in [2.24, 2.45) is 5.92 Å². The molecule has 0 radical (unpaired) electrons. The van der Waals surface area contributed by atoms with E-state index >= 15 is 0 Å². The molecule has 5 heteroatoms. The van der Waals surface area contributed by atoms with Gasteiger partial charge >= 0.3 is 6.03 Å². The lowest BCUT2D eigenvalue weighted by Gasteiger charge is -2.23. The highest BCUT2D eigenvalue weighted by Crippen LogP contribution is 2.25. The summed E-state index contributed by atoms with van der Waals surface area (Å²) in [4.78, 5) is 23.5. The van der Waals surface area contributed by atoms with Crippen LogP contribution >= 0.6 is 0 Å². The molecule has 25 heavy (non-hydrogen) atoms. The average molecular weight is 348 g/mol. The van der Waals surface area contributed by atoms with Gasteiger partial charge < -0.3 is 10.6 Å². The van der Waals surface area contributed by atoms with Crippen LogP contribution in [0.1, 0.15) is 71.0 Å². The van der Waals surface area contributed by atoms with Crippen LogP contribution in [0.3, 0.4) is 0 Å². The number of urea groups is 1. The van der Waals surface area contributed by atoms with Gasteiger partial charge in [0.1, 0.15) is 0 Å². The monoisotopic (exact) mass is 347 g/mol. The van der Waals surface area contributed by atoms with Gasteiger partial charge in [0.25, 0.3) is 0 Å². The molecule has 0 spiro atoms. The number of amides is 3. The minimum Gasteiger partial charge on any atom is -0.336 e. The number of carbonyl (C=O) groups excluding carboxylic acids is 2. The maximum absolute atomic E-state index is 11.9. The fourth-order valence-corrected chi connectivity index (χ4v) is 2.68. The highest BCUT2D eigenvalue weighted by Gasteiger charge is 2.18. The second-order valence-corrected chi connectivity index (χ2v) is 7.25. The molecule has 0 aliphatic rings. The molecule has 0 heterocycles. The van der Waals surface area contributed by atoms with Gasteiger partial charge in [-0.15, -0.1) is 0 Å². The van der Waals surface area contributed by atoms with Gasteiger partial charge in [0, 0.05) is 12.1 Å². The van der Waals surface area contributed by atoms with Gasteiger partial charge in [-0.1, -0.05) is 52.0 Å². The maximum Gasteiger partial charge on any atom is 0.321 e. The van der Waals surface area contributed by atoms with Crippen molar-refractivity contribution in [1.29, 1.82) is 0 Å². The number of hydrogen-bond donors (Lipinski definition) is 3. The molecule has 0 unspecified atom stereocenters. The molecule has 140 valence electrons. The Bertz CT molecular complexity index is 553. The van der Waals surface area contributed by atoms with Crippen LogP contribution in [0.2, 0.25) is 0 Å². The third-order valence-electron chi connectivity index (χ3n) is 4.30. The zero-order chi connectivity index (χ0) is 19.0. The van der Waals surface area contributed by atoms with E-state index in [1.165, 1.54) is 5.56 Å². The lowest BCUT2D eigenvalue weighted by molar-refractivity contribution is -0.119.